The summed E-state index contributed by atoms with van der Waals surface area (Å²) in [6, 6.07) is 1.34. The number of amides is 1. The standard InChI is InChI=1S/C6H5ClN2O2/c7-4-3(5(8)10)1-2-9-6(4)11/h1-2H,(H2,8,10)(H,9,11). The van der Waals surface area contributed by atoms with Gasteiger partial charge in [0.25, 0.3) is 0 Å². The number of rotatable bonds is 1. The molecule has 4 nitrogen and oxygen atoms in total. The van der Waals surface area contributed by atoms with Gasteiger partial charge in [-0.1, -0.05) is 11.6 Å². The summed E-state index contributed by atoms with van der Waals surface area (Å²) < 4.78 is 0. The quantitative estimate of drug-likeness (QED) is 0.649. The molecule has 0 aliphatic carbocycles. The minimum absolute atomic E-state index is 0.0687. The average molecular weight is 173 g/mol. The van der Waals surface area contributed by atoms with Crippen LogP contribution in [0, 0.1) is 0 Å². The number of carbonyl (C=O) groups excluding carboxylic acids is 1. The van der Waals surface area contributed by atoms with Crippen molar-refractivity contribution < 1.29 is 9.90 Å². The first-order valence-corrected chi connectivity index (χ1v) is 3.14. The van der Waals surface area contributed by atoms with Crippen LogP contribution in [0.1, 0.15) is 10.4 Å². The Balaban J connectivity index is 3.27. The number of hydrogen-bond acceptors (Lipinski definition) is 3. The molecule has 5 heteroatoms. The van der Waals surface area contributed by atoms with E-state index in [1.54, 1.807) is 0 Å². The fourth-order valence-electron chi connectivity index (χ4n) is 0.623. The SMILES string of the molecule is NC(=O)c1ccnc(O)c1Cl. The van der Waals surface area contributed by atoms with E-state index in [1.165, 1.54) is 12.3 Å². The number of aromatic nitrogens is 1. The second-order valence-corrected chi connectivity index (χ2v) is 2.24. The second-order valence-electron chi connectivity index (χ2n) is 1.86. The molecule has 0 aliphatic rings. The largest absolute Gasteiger partial charge is 0.492 e. The Bertz CT molecular complexity index is 301. The molecular weight excluding hydrogens is 168 g/mol. The molecule has 0 bridgehead atoms. The van der Waals surface area contributed by atoms with E-state index >= 15 is 0 Å². The van der Waals surface area contributed by atoms with Gasteiger partial charge < -0.3 is 10.8 Å². The predicted octanol–water partition coefficient (Wildman–Crippen LogP) is 0.539. The van der Waals surface area contributed by atoms with Gasteiger partial charge in [-0.2, -0.15) is 0 Å². The highest BCUT2D eigenvalue weighted by molar-refractivity contribution is 6.34. The van der Waals surface area contributed by atoms with Gasteiger partial charge in [-0.3, -0.25) is 4.79 Å². The monoisotopic (exact) mass is 172 g/mol. The molecule has 0 spiro atoms. The first-order valence-electron chi connectivity index (χ1n) is 2.76. The minimum Gasteiger partial charge on any atom is -0.492 e. The van der Waals surface area contributed by atoms with E-state index in [9.17, 15) is 4.79 Å². The molecular formula is C6H5ClN2O2. The summed E-state index contributed by atoms with van der Waals surface area (Å²) in [6.45, 7) is 0. The van der Waals surface area contributed by atoms with Crippen LogP contribution < -0.4 is 5.73 Å². The number of nitrogens with two attached hydrogens (primary N) is 1. The van der Waals surface area contributed by atoms with Crippen molar-refractivity contribution in [2.24, 2.45) is 5.73 Å². The Hall–Kier alpha value is -1.29. The normalized spacial score (nSPS) is 9.55. The van der Waals surface area contributed by atoms with Crippen molar-refractivity contribution in [2.75, 3.05) is 0 Å². The van der Waals surface area contributed by atoms with Crippen LogP contribution >= 0.6 is 11.6 Å². The molecule has 1 aromatic rings. The van der Waals surface area contributed by atoms with Gasteiger partial charge in [-0.15, -0.1) is 0 Å². The Kier molecular flexibility index (Phi) is 1.96. The maximum absolute atomic E-state index is 10.6. The van der Waals surface area contributed by atoms with Gasteiger partial charge in [0, 0.05) is 6.20 Å². The zero-order chi connectivity index (χ0) is 8.43. The fraction of sp³-hybridized carbons (Fsp3) is 0. The number of carbonyl (C=O) groups is 1. The Morgan fingerprint density at radius 2 is 2.36 bits per heavy atom. The molecule has 1 aromatic heterocycles. The van der Waals surface area contributed by atoms with Crippen LogP contribution in [0.4, 0.5) is 0 Å². The molecule has 0 aliphatic heterocycles. The topological polar surface area (TPSA) is 76.2 Å². The van der Waals surface area contributed by atoms with Crippen LogP contribution in [-0.2, 0) is 0 Å². The molecule has 0 saturated heterocycles. The fourth-order valence-corrected chi connectivity index (χ4v) is 0.828. The summed E-state index contributed by atoms with van der Waals surface area (Å²) in [5.41, 5.74) is 4.99. The molecule has 0 fully saturated rings. The van der Waals surface area contributed by atoms with Gasteiger partial charge in [0.2, 0.25) is 11.8 Å². The number of aromatic hydroxyl groups is 1. The third kappa shape index (κ3) is 1.40. The summed E-state index contributed by atoms with van der Waals surface area (Å²) in [6.07, 6.45) is 1.25. The average Bonchev–Trinajstić information content (AvgIpc) is 1.94. The molecule has 0 unspecified atom stereocenters. The lowest BCUT2D eigenvalue weighted by atomic mass is 10.2. The maximum Gasteiger partial charge on any atom is 0.250 e. The number of primary amides is 1. The van der Waals surface area contributed by atoms with Crippen LogP contribution in [0.3, 0.4) is 0 Å². The van der Waals surface area contributed by atoms with Crippen LogP contribution in [0.5, 0.6) is 5.88 Å². The molecule has 1 amide bonds. The van der Waals surface area contributed by atoms with E-state index in [4.69, 9.17) is 22.4 Å². The van der Waals surface area contributed by atoms with E-state index in [2.05, 4.69) is 4.98 Å². The first kappa shape index (κ1) is 7.81. The maximum atomic E-state index is 10.6. The lowest BCUT2D eigenvalue weighted by molar-refractivity contribution is 0.1000. The predicted molar refractivity (Wildman–Crippen MR) is 39.4 cm³/mol. The van der Waals surface area contributed by atoms with Crippen LogP contribution in [0.2, 0.25) is 5.02 Å². The van der Waals surface area contributed by atoms with Gasteiger partial charge in [-0.05, 0) is 6.07 Å². The Morgan fingerprint density at radius 1 is 1.73 bits per heavy atom. The molecule has 3 N–H and O–H groups in total. The van der Waals surface area contributed by atoms with E-state index in [1.807, 2.05) is 0 Å². The number of pyridine rings is 1. The highest BCUT2D eigenvalue weighted by Crippen LogP contribution is 2.23. The van der Waals surface area contributed by atoms with E-state index in [0.717, 1.165) is 0 Å². The van der Waals surface area contributed by atoms with E-state index < -0.39 is 5.91 Å². The van der Waals surface area contributed by atoms with Crippen LogP contribution in [0.25, 0.3) is 0 Å². The zero-order valence-electron chi connectivity index (χ0n) is 5.41. The van der Waals surface area contributed by atoms with Gasteiger partial charge in [0.1, 0.15) is 5.02 Å². The van der Waals surface area contributed by atoms with Gasteiger partial charge >= 0.3 is 0 Å². The number of nitrogens with zero attached hydrogens (tertiary/aromatic N) is 1. The smallest absolute Gasteiger partial charge is 0.250 e. The Morgan fingerprint density at radius 3 is 2.82 bits per heavy atom. The van der Waals surface area contributed by atoms with Crippen molar-refractivity contribution in [2.45, 2.75) is 0 Å². The number of halogens is 1. The van der Waals surface area contributed by atoms with Crippen molar-refractivity contribution in [3.8, 4) is 5.88 Å². The van der Waals surface area contributed by atoms with Gasteiger partial charge in [0.15, 0.2) is 0 Å². The summed E-state index contributed by atoms with van der Waals surface area (Å²) in [5, 5.41) is 8.79. The molecule has 1 rings (SSSR count). The molecule has 1 heterocycles. The highest BCUT2D eigenvalue weighted by Gasteiger charge is 2.09. The summed E-state index contributed by atoms with van der Waals surface area (Å²) in [5.74, 6) is -1.07. The van der Waals surface area contributed by atoms with E-state index in [0.29, 0.717) is 0 Å². The lowest BCUT2D eigenvalue weighted by Gasteiger charge is -1.98. The first-order chi connectivity index (χ1) is 5.13. The zero-order valence-corrected chi connectivity index (χ0v) is 6.17. The summed E-state index contributed by atoms with van der Waals surface area (Å²) in [4.78, 5) is 14.0. The van der Waals surface area contributed by atoms with Gasteiger partial charge in [0.05, 0.1) is 5.56 Å². The third-order valence-corrected chi connectivity index (χ3v) is 1.51. The lowest BCUT2D eigenvalue weighted by Crippen LogP contribution is -2.11. The number of hydrogen-bond donors (Lipinski definition) is 2. The van der Waals surface area contributed by atoms with Crippen molar-refractivity contribution >= 4 is 17.5 Å². The second kappa shape index (κ2) is 2.75. The molecule has 58 valence electrons. The molecule has 0 atom stereocenters. The molecule has 0 aromatic carbocycles. The molecule has 11 heavy (non-hydrogen) atoms. The van der Waals surface area contributed by atoms with Crippen LogP contribution in [0.15, 0.2) is 12.3 Å². The summed E-state index contributed by atoms with van der Waals surface area (Å²) >= 11 is 5.47. The minimum atomic E-state index is -0.687. The van der Waals surface area contributed by atoms with Crippen molar-refractivity contribution in [3.05, 3.63) is 22.8 Å². The third-order valence-electron chi connectivity index (χ3n) is 1.14. The van der Waals surface area contributed by atoms with Gasteiger partial charge in [-0.25, -0.2) is 4.98 Å². The van der Waals surface area contributed by atoms with Crippen LogP contribution in [-0.4, -0.2) is 16.0 Å². The van der Waals surface area contributed by atoms with Crippen molar-refractivity contribution in [1.29, 1.82) is 0 Å². The molecule has 0 radical (unpaired) electrons. The van der Waals surface area contributed by atoms with E-state index in [-0.39, 0.29) is 16.5 Å². The molecule has 0 saturated carbocycles. The highest BCUT2D eigenvalue weighted by atomic mass is 35.5. The van der Waals surface area contributed by atoms with Crippen molar-refractivity contribution in [3.63, 3.8) is 0 Å². The summed E-state index contributed by atoms with van der Waals surface area (Å²) in [7, 11) is 0. The Labute approximate surface area is 67.6 Å². The van der Waals surface area contributed by atoms with Crippen molar-refractivity contribution in [1.82, 2.24) is 4.98 Å².